The minimum Gasteiger partial charge on any atom is -0.368 e. The Morgan fingerprint density at radius 3 is 2.83 bits per heavy atom. The molecule has 0 aromatic rings. The first-order valence-electron chi connectivity index (χ1n) is 4.15. The maximum absolute atomic E-state index is 11.1. The van der Waals surface area contributed by atoms with Crippen LogP contribution in [-0.2, 0) is 9.59 Å². The number of rotatable bonds is 1. The number of nitrogens with two attached hydrogens (primary N) is 1. The Bertz CT molecular complexity index is 215. The smallest absolute Gasteiger partial charge is 0.242 e. The van der Waals surface area contributed by atoms with E-state index in [-0.39, 0.29) is 5.91 Å². The Morgan fingerprint density at radius 2 is 2.25 bits per heavy atom. The largest absolute Gasteiger partial charge is 0.368 e. The van der Waals surface area contributed by atoms with Crippen molar-refractivity contribution in [3.05, 3.63) is 0 Å². The fraction of sp³-hybridized carbons (Fsp3) is 0.750. The Morgan fingerprint density at radius 1 is 1.58 bits per heavy atom. The van der Waals surface area contributed by atoms with Gasteiger partial charge in [0.1, 0.15) is 5.54 Å². The molecule has 1 atom stereocenters. The summed E-state index contributed by atoms with van der Waals surface area (Å²) in [5, 5.41) is 2.64. The molecule has 1 rings (SSSR count). The van der Waals surface area contributed by atoms with Crippen molar-refractivity contribution < 1.29 is 9.59 Å². The summed E-state index contributed by atoms with van der Waals surface area (Å²) in [6.45, 7) is 1.68. The van der Waals surface area contributed by atoms with Gasteiger partial charge in [-0.3, -0.25) is 9.59 Å². The quantitative estimate of drug-likeness (QED) is 0.577. The number of amides is 2. The van der Waals surface area contributed by atoms with E-state index in [4.69, 9.17) is 5.73 Å². The molecule has 1 unspecified atom stereocenters. The zero-order chi connectivity index (χ0) is 9.19. The van der Waals surface area contributed by atoms with E-state index in [9.17, 15) is 9.59 Å². The van der Waals surface area contributed by atoms with E-state index >= 15 is 0 Å². The average molecular weight is 170 g/mol. The van der Waals surface area contributed by atoms with E-state index in [1.807, 2.05) is 0 Å². The number of hydrogen-bond donors (Lipinski definition) is 2. The molecule has 1 fully saturated rings. The third-order valence-electron chi connectivity index (χ3n) is 2.29. The Labute approximate surface area is 71.5 Å². The van der Waals surface area contributed by atoms with Crippen LogP contribution in [0.4, 0.5) is 0 Å². The van der Waals surface area contributed by atoms with Crippen LogP contribution in [0.1, 0.15) is 32.6 Å². The van der Waals surface area contributed by atoms with Crippen LogP contribution in [0.15, 0.2) is 0 Å². The van der Waals surface area contributed by atoms with Crippen molar-refractivity contribution in [2.45, 2.75) is 38.1 Å². The highest BCUT2D eigenvalue weighted by atomic mass is 16.2. The van der Waals surface area contributed by atoms with Crippen LogP contribution in [0.5, 0.6) is 0 Å². The maximum atomic E-state index is 11.1. The lowest BCUT2D eigenvalue weighted by atomic mass is 9.95. The molecule has 4 heteroatoms. The summed E-state index contributed by atoms with van der Waals surface area (Å²) in [6.07, 6.45) is 2.86. The van der Waals surface area contributed by atoms with E-state index in [2.05, 4.69) is 5.32 Å². The zero-order valence-electron chi connectivity index (χ0n) is 7.22. The van der Waals surface area contributed by atoms with Crippen molar-refractivity contribution in [3.8, 4) is 0 Å². The van der Waals surface area contributed by atoms with Crippen molar-refractivity contribution in [1.29, 1.82) is 0 Å². The molecular formula is C8H14N2O2. The Kier molecular flexibility index (Phi) is 2.35. The first-order chi connectivity index (χ1) is 5.54. The van der Waals surface area contributed by atoms with E-state index in [1.165, 1.54) is 0 Å². The third kappa shape index (κ3) is 1.75. The molecule has 2 amide bonds. The lowest BCUT2D eigenvalue weighted by molar-refractivity contribution is -0.130. The van der Waals surface area contributed by atoms with Crippen molar-refractivity contribution in [2.75, 3.05) is 0 Å². The zero-order valence-corrected chi connectivity index (χ0v) is 7.22. The molecule has 1 heterocycles. The molecule has 68 valence electrons. The van der Waals surface area contributed by atoms with Gasteiger partial charge in [-0.05, 0) is 19.8 Å². The molecule has 0 aromatic carbocycles. The molecule has 1 saturated heterocycles. The van der Waals surface area contributed by atoms with Gasteiger partial charge in [-0.15, -0.1) is 0 Å². The van der Waals surface area contributed by atoms with Gasteiger partial charge in [0.15, 0.2) is 0 Å². The lowest BCUT2D eigenvalue weighted by Gasteiger charge is -2.24. The van der Waals surface area contributed by atoms with E-state index in [1.54, 1.807) is 6.92 Å². The van der Waals surface area contributed by atoms with E-state index in [0.29, 0.717) is 12.8 Å². The predicted molar refractivity (Wildman–Crippen MR) is 44.2 cm³/mol. The molecule has 1 aliphatic heterocycles. The summed E-state index contributed by atoms with van der Waals surface area (Å²) >= 11 is 0. The molecule has 4 nitrogen and oxygen atoms in total. The van der Waals surface area contributed by atoms with Gasteiger partial charge < -0.3 is 11.1 Å². The lowest BCUT2D eigenvalue weighted by Crippen LogP contribution is -2.54. The molecular weight excluding hydrogens is 156 g/mol. The number of carbonyl (C=O) groups is 2. The summed E-state index contributed by atoms with van der Waals surface area (Å²) in [6, 6.07) is 0. The first-order valence-corrected chi connectivity index (χ1v) is 4.15. The van der Waals surface area contributed by atoms with Crippen LogP contribution in [0, 0.1) is 0 Å². The number of nitrogens with one attached hydrogen (secondary N) is 1. The third-order valence-corrected chi connectivity index (χ3v) is 2.29. The van der Waals surface area contributed by atoms with Crippen LogP contribution in [0.2, 0.25) is 0 Å². The first kappa shape index (κ1) is 9.03. The monoisotopic (exact) mass is 170 g/mol. The number of hydrogen-bond acceptors (Lipinski definition) is 2. The highest BCUT2D eigenvalue weighted by Crippen LogP contribution is 2.18. The van der Waals surface area contributed by atoms with Gasteiger partial charge in [-0.2, -0.15) is 0 Å². The molecule has 0 aliphatic carbocycles. The highest BCUT2D eigenvalue weighted by Gasteiger charge is 2.33. The normalized spacial score (nSPS) is 30.6. The summed E-state index contributed by atoms with van der Waals surface area (Å²) in [5.74, 6) is -0.522. The van der Waals surface area contributed by atoms with Crippen LogP contribution >= 0.6 is 0 Å². The van der Waals surface area contributed by atoms with Gasteiger partial charge in [0.2, 0.25) is 11.8 Å². The minimum atomic E-state index is -0.826. The molecule has 0 saturated carbocycles. The summed E-state index contributed by atoms with van der Waals surface area (Å²) < 4.78 is 0. The fourth-order valence-electron chi connectivity index (χ4n) is 1.38. The molecule has 0 aromatic heterocycles. The van der Waals surface area contributed by atoms with Crippen LogP contribution < -0.4 is 11.1 Å². The summed E-state index contributed by atoms with van der Waals surface area (Å²) in [5.41, 5.74) is 4.35. The molecule has 1 aliphatic rings. The Balaban J connectivity index is 2.74. The van der Waals surface area contributed by atoms with Crippen molar-refractivity contribution in [2.24, 2.45) is 5.73 Å². The predicted octanol–water partition coefficient (Wildman–Crippen LogP) is -0.0794. The van der Waals surface area contributed by atoms with Gasteiger partial charge in [-0.25, -0.2) is 0 Å². The number of primary amides is 1. The van der Waals surface area contributed by atoms with E-state index < -0.39 is 11.4 Å². The van der Waals surface area contributed by atoms with Crippen LogP contribution in [0.3, 0.4) is 0 Å². The minimum absolute atomic E-state index is 0.0752. The van der Waals surface area contributed by atoms with Gasteiger partial charge in [0.25, 0.3) is 0 Å². The second kappa shape index (κ2) is 3.13. The molecule has 3 N–H and O–H groups in total. The van der Waals surface area contributed by atoms with Gasteiger partial charge >= 0.3 is 0 Å². The van der Waals surface area contributed by atoms with E-state index in [0.717, 1.165) is 12.8 Å². The van der Waals surface area contributed by atoms with Crippen molar-refractivity contribution in [3.63, 3.8) is 0 Å². The fourth-order valence-corrected chi connectivity index (χ4v) is 1.38. The van der Waals surface area contributed by atoms with Gasteiger partial charge in [0, 0.05) is 6.42 Å². The van der Waals surface area contributed by atoms with Crippen molar-refractivity contribution in [1.82, 2.24) is 5.32 Å². The standard InChI is InChI=1S/C8H14N2O2/c1-8(7(9)12)5-3-2-4-6(11)10-8/h2-5H2,1H3,(H2,9,12)(H,10,11). The second-order valence-corrected chi connectivity index (χ2v) is 3.45. The highest BCUT2D eigenvalue weighted by molar-refractivity contribution is 5.90. The molecule has 0 spiro atoms. The topological polar surface area (TPSA) is 72.2 Å². The van der Waals surface area contributed by atoms with Crippen molar-refractivity contribution >= 4 is 11.8 Å². The SMILES string of the molecule is CC1(C(N)=O)CCCCC(=O)N1. The Hall–Kier alpha value is -1.06. The average Bonchev–Trinajstić information content (AvgIpc) is 2.12. The second-order valence-electron chi connectivity index (χ2n) is 3.45. The van der Waals surface area contributed by atoms with Crippen LogP contribution in [-0.4, -0.2) is 17.4 Å². The maximum Gasteiger partial charge on any atom is 0.242 e. The van der Waals surface area contributed by atoms with Gasteiger partial charge in [-0.1, -0.05) is 6.42 Å². The van der Waals surface area contributed by atoms with Crippen LogP contribution in [0.25, 0.3) is 0 Å². The summed E-state index contributed by atoms with van der Waals surface area (Å²) in [7, 11) is 0. The summed E-state index contributed by atoms with van der Waals surface area (Å²) in [4.78, 5) is 22.1. The molecule has 0 bridgehead atoms. The van der Waals surface area contributed by atoms with Gasteiger partial charge in [0.05, 0.1) is 0 Å². The molecule has 12 heavy (non-hydrogen) atoms. The molecule has 0 radical (unpaired) electrons. The number of carbonyl (C=O) groups excluding carboxylic acids is 2.